The standard InChI is InChI=1S/C17H27NO6/c1-11(2)14(19)6-7-18(16(20)12(3)4)8-9-22-10-15-13(5)23-17(21)24-15/h11-12H,6-10H2,1-5H3. The number of carbonyl (C=O) groups is 2. The van der Waals surface area contributed by atoms with Crippen molar-refractivity contribution in [1.82, 2.24) is 4.90 Å². The van der Waals surface area contributed by atoms with E-state index in [4.69, 9.17) is 13.6 Å². The number of amides is 1. The zero-order valence-corrected chi connectivity index (χ0v) is 15.1. The van der Waals surface area contributed by atoms with E-state index in [9.17, 15) is 14.4 Å². The first-order chi connectivity index (χ1) is 11.2. The zero-order valence-electron chi connectivity index (χ0n) is 15.1. The quantitative estimate of drug-likeness (QED) is 0.606. The molecule has 0 N–H and O–H groups in total. The van der Waals surface area contributed by atoms with Crippen LogP contribution in [0.25, 0.3) is 0 Å². The summed E-state index contributed by atoms with van der Waals surface area (Å²) in [5.41, 5.74) is 0. The van der Waals surface area contributed by atoms with E-state index >= 15 is 0 Å². The van der Waals surface area contributed by atoms with Gasteiger partial charge in [-0.1, -0.05) is 27.7 Å². The highest BCUT2D eigenvalue weighted by Gasteiger charge is 2.19. The molecular weight excluding hydrogens is 314 g/mol. The normalized spacial score (nSPS) is 11.3. The largest absolute Gasteiger partial charge is 0.519 e. The van der Waals surface area contributed by atoms with Gasteiger partial charge in [0.15, 0.2) is 5.76 Å². The molecule has 0 atom stereocenters. The second-order valence-electron chi connectivity index (χ2n) is 6.34. The average Bonchev–Trinajstić information content (AvgIpc) is 2.83. The van der Waals surface area contributed by atoms with Crippen LogP contribution in [0, 0.1) is 18.8 Å². The summed E-state index contributed by atoms with van der Waals surface area (Å²) in [4.78, 5) is 36.6. The molecule has 0 aliphatic rings. The summed E-state index contributed by atoms with van der Waals surface area (Å²) in [6.45, 7) is 10.1. The van der Waals surface area contributed by atoms with Gasteiger partial charge in [-0.05, 0) is 6.92 Å². The molecule has 1 aromatic rings. The topological polar surface area (TPSA) is 90.0 Å². The van der Waals surface area contributed by atoms with Crippen molar-refractivity contribution in [2.24, 2.45) is 11.8 Å². The Morgan fingerprint density at radius 1 is 1.08 bits per heavy atom. The highest BCUT2D eigenvalue weighted by molar-refractivity contribution is 5.82. The van der Waals surface area contributed by atoms with Crippen LogP contribution in [0.5, 0.6) is 0 Å². The molecule has 7 heteroatoms. The van der Waals surface area contributed by atoms with Crippen molar-refractivity contribution in [3.63, 3.8) is 0 Å². The van der Waals surface area contributed by atoms with Crippen LogP contribution in [0.1, 0.15) is 45.6 Å². The van der Waals surface area contributed by atoms with Gasteiger partial charge in [-0.15, -0.1) is 0 Å². The Morgan fingerprint density at radius 2 is 1.75 bits per heavy atom. The molecule has 0 spiro atoms. The molecule has 0 aliphatic carbocycles. The van der Waals surface area contributed by atoms with Gasteiger partial charge >= 0.3 is 5.82 Å². The Bertz CT molecular complexity index is 598. The molecule has 24 heavy (non-hydrogen) atoms. The first kappa shape index (κ1) is 20.2. The van der Waals surface area contributed by atoms with E-state index in [0.29, 0.717) is 31.0 Å². The Kier molecular flexibility index (Phi) is 7.91. The lowest BCUT2D eigenvalue weighted by molar-refractivity contribution is -0.136. The molecule has 7 nitrogen and oxygen atoms in total. The van der Waals surface area contributed by atoms with Crippen molar-refractivity contribution in [3.8, 4) is 0 Å². The van der Waals surface area contributed by atoms with E-state index < -0.39 is 5.82 Å². The monoisotopic (exact) mass is 341 g/mol. The minimum absolute atomic E-state index is 0.0128. The third-order valence-electron chi connectivity index (χ3n) is 3.65. The van der Waals surface area contributed by atoms with Gasteiger partial charge in [0.1, 0.15) is 18.2 Å². The first-order valence-corrected chi connectivity index (χ1v) is 8.21. The van der Waals surface area contributed by atoms with Crippen LogP contribution in [0.2, 0.25) is 0 Å². The maximum atomic E-state index is 12.2. The van der Waals surface area contributed by atoms with Gasteiger partial charge in [0.25, 0.3) is 0 Å². The molecule has 0 unspecified atom stereocenters. The van der Waals surface area contributed by atoms with Crippen molar-refractivity contribution in [2.75, 3.05) is 19.7 Å². The summed E-state index contributed by atoms with van der Waals surface area (Å²) in [6, 6.07) is 0. The van der Waals surface area contributed by atoms with E-state index in [-0.39, 0.29) is 36.7 Å². The fourth-order valence-corrected chi connectivity index (χ4v) is 2.08. The number of aryl methyl sites for hydroxylation is 1. The molecule has 0 saturated heterocycles. The maximum absolute atomic E-state index is 12.2. The van der Waals surface area contributed by atoms with Crippen molar-refractivity contribution in [3.05, 3.63) is 22.1 Å². The number of ketones is 1. The fourth-order valence-electron chi connectivity index (χ4n) is 2.08. The smallest absolute Gasteiger partial charge is 0.396 e. The summed E-state index contributed by atoms with van der Waals surface area (Å²) >= 11 is 0. The molecule has 1 amide bonds. The summed E-state index contributed by atoms with van der Waals surface area (Å²) in [7, 11) is 0. The zero-order chi connectivity index (χ0) is 18.3. The van der Waals surface area contributed by atoms with Crippen LogP contribution in [-0.2, 0) is 20.9 Å². The molecule has 136 valence electrons. The molecule has 1 heterocycles. The van der Waals surface area contributed by atoms with E-state index in [1.807, 2.05) is 27.7 Å². The Morgan fingerprint density at radius 3 is 2.25 bits per heavy atom. The molecule has 0 radical (unpaired) electrons. The number of ether oxygens (including phenoxy) is 1. The van der Waals surface area contributed by atoms with E-state index in [1.165, 1.54) is 0 Å². The summed E-state index contributed by atoms with van der Waals surface area (Å²) in [6.07, 6.45) is 0.339. The lowest BCUT2D eigenvalue weighted by Crippen LogP contribution is -2.38. The van der Waals surface area contributed by atoms with Crippen molar-refractivity contribution < 1.29 is 23.2 Å². The second-order valence-corrected chi connectivity index (χ2v) is 6.34. The molecule has 1 aromatic heterocycles. The van der Waals surface area contributed by atoms with Crippen LogP contribution in [0.4, 0.5) is 0 Å². The number of hydrogen-bond acceptors (Lipinski definition) is 6. The van der Waals surface area contributed by atoms with Gasteiger partial charge in [-0.2, -0.15) is 0 Å². The lowest BCUT2D eigenvalue weighted by Gasteiger charge is -2.24. The van der Waals surface area contributed by atoms with E-state index in [2.05, 4.69) is 0 Å². The number of nitrogens with zero attached hydrogens (tertiary/aromatic N) is 1. The van der Waals surface area contributed by atoms with Crippen molar-refractivity contribution >= 4 is 11.7 Å². The van der Waals surface area contributed by atoms with Crippen LogP contribution < -0.4 is 5.82 Å². The molecule has 0 bridgehead atoms. The van der Waals surface area contributed by atoms with Crippen molar-refractivity contribution in [1.29, 1.82) is 0 Å². The third-order valence-corrected chi connectivity index (χ3v) is 3.65. The minimum Gasteiger partial charge on any atom is -0.396 e. The lowest BCUT2D eigenvalue weighted by atomic mass is 10.1. The van der Waals surface area contributed by atoms with Crippen LogP contribution in [0.3, 0.4) is 0 Å². The number of rotatable bonds is 10. The molecule has 0 aliphatic heterocycles. The average molecular weight is 341 g/mol. The Labute approximate surface area is 141 Å². The molecule has 0 fully saturated rings. The van der Waals surface area contributed by atoms with Crippen LogP contribution in [-0.4, -0.2) is 36.3 Å². The fraction of sp³-hybridized carbons (Fsp3) is 0.706. The van der Waals surface area contributed by atoms with Crippen LogP contribution >= 0.6 is 0 Å². The predicted molar refractivity (Wildman–Crippen MR) is 87.5 cm³/mol. The predicted octanol–water partition coefficient (Wildman–Crippen LogP) is 2.16. The van der Waals surface area contributed by atoms with Gasteiger partial charge in [0.05, 0.1) is 6.61 Å². The number of carbonyl (C=O) groups excluding carboxylic acids is 2. The van der Waals surface area contributed by atoms with E-state index in [1.54, 1.807) is 11.8 Å². The molecule has 1 rings (SSSR count). The molecule has 0 saturated carbocycles. The van der Waals surface area contributed by atoms with Crippen LogP contribution in [0.15, 0.2) is 13.6 Å². The second kappa shape index (κ2) is 9.42. The van der Waals surface area contributed by atoms with Crippen molar-refractivity contribution in [2.45, 2.75) is 47.6 Å². The first-order valence-electron chi connectivity index (χ1n) is 8.21. The Balaban J connectivity index is 2.49. The van der Waals surface area contributed by atoms with E-state index in [0.717, 1.165) is 0 Å². The number of Topliss-reactive ketones (excluding diaryl/α,β-unsaturated/α-hetero) is 1. The number of hydrogen-bond donors (Lipinski definition) is 0. The minimum atomic E-state index is -0.755. The van der Waals surface area contributed by atoms with Gasteiger partial charge in [-0.3, -0.25) is 9.59 Å². The molecular formula is C17H27NO6. The summed E-state index contributed by atoms with van der Waals surface area (Å²) < 4.78 is 15.0. The molecule has 0 aromatic carbocycles. The third kappa shape index (κ3) is 6.31. The highest BCUT2D eigenvalue weighted by atomic mass is 16.6. The van der Waals surface area contributed by atoms with Gasteiger partial charge in [0, 0.05) is 31.3 Å². The Hall–Kier alpha value is -1.89. The summed E-state index contributed by atoms with van der Waals surface area (Å²) in [5.74, 6) is -0.0868. The van der Waals surface area contributed by atoms with Gasteiger partial charge in [0.2, 0.25) is 5.91 Å². The summed E-state index contributed by atoms with van der Waals surface area (Å²) in [5, 5.41) is 0. The van der Waals surface area contributed by atoms with Gasteiger partial charge < -0.3 is 18.5 Å². The highest BCUT2D eigenvalue weighted by Crippen LogP contribution is 2.08. The maximum Gasteiger partial charge on any atom is 0.519 e. The SMILES string of the molecule is Cc1oc(=O)oc1COCCN(CCC(=O)C(C)C)C(=O)C(C)C. The van der Waals surface area contributed by atoms with Gasteiger partial charge in [-0.25, -0.2) is 4.79 Å².